The third-order valence-electron chi connectivity index (χ3n) is 15.9. The summed E-state index contributed by atoms with van der Waals surface area (Å²) in [6.07, 6.45) is 3.99. The van der Waals surface area contributed by atoms with E-state index in [0.29, 0.717) is 51.7 Å². The molecule has 12 saturated heterocycles. The Morgan fingerprint density at radius 1 is 0.689 bits per heavy atom. The first-order valence-corrected chi connectivity index (χ1v) is 23.4. The molecule has 0 radical (unpaired) electrons. The molecular formula is C47H66O14. The summed E-state index contributed by atoms with van der Waals surface area (Å²) in [6, 6.07) is 0. The van der Waals surface area contributed by atoms with Crippen LogP contribution >= 0.6 is 0 Å². The van der Waals surface area contributed by atoms with E-state index in [1.807, 2.05) is 13.8 Å². The molecule has 61 heavy (non-hydrogen) atoms. The zero-order chi connectivity index (χ0) is 42.0. The Hall–Kier alpha value is -1.79. The first-order valence-electron chi connectivity index (χ1n) is 23.4. The number of hydrogen-bond acceptors (Lipinski definition) is 14. The summed E-state index contributed by atoms with van der Waals surface area (Å²) >= 11 is 0. The zero-order valence-corrected chi connectivity index (χ0v) is 36.3. The highest BCUT2D eigenvalue weighted by Gasteiger charge is 2.75. The van der Waals surface area contributed by atoms with Crippen molar-refractivity contribution in [2.45, 2.75) is 226 Å². The summed E-state index contributed by atoms with van der Waals surface area (Å²) in [5.41, 5.74) is 2.16. The lowest BCUT2D eigenvalue weighted by molar-refractivity contribution is -0.356. The molecule has 0 aromatic carbocycles. The topological polar surface area (TPSA) is 137 Å². The number of carbonyl (C=O) groups excluding carboxylic acids is 1. The number of fused-ring (bicyclic) bond motifs is 8. The van der Waals surface area contributed by atoms with Crippen LogP contribution in [0, 0.1) is 11.8 Å². The number of ether oxygens (including phenoxy) is 13. The monoisotopic (exact) mass is 854 g/mol. The maximum atomic E-state index is 14.3. The lowest BCUT2D eigenvalue weighted by Gasteiger charge is -2.53. The van der Waals surface area contributed by atoms with Gasteiger partial charge in [-0.1, -0.05) is 33.1 Å². The fourth-order valence-corrected chi connectivity index (χ4v) is 12.9. The van der Waals surface area contributed by atoms with Gasteiger partial charge in [0.05, 0.1) is 87.1 Å². The van der Waals surface area contributed by atoms with Gasteiger partial charge in [-0.25, -0.2) is 0 Å². The van der Waals surface area contributed by atoms with E-state index >= 15 is 0 Å². The highest BCUT2D eigenvalue weighted by Crippen LogP contribution is 2.59. The van der Waals surface area contributed by atoms with Crippen LogP contribution in [0.3, 0.4) is 0 Å². The van der Waals surface area contributed by atoms with Gasteiger partial charge in [0, 0.05) is 25.2 Å². The summed E-state index contributed by atoms with van der Waals surface area (Å²) in [4.78, 5) is 14.3. The van der Waals surface area contributed by atoms with Crippen LogP contribution in [0.2, 0.25) is 0 Å². The summed E-state index contributed by atoms with van der Waals surface area (Å²) in [5, 5.41) is 0. The quantitative estimate of drug-likeness (QED) is 0.260. The van der Waals surface area contributed by atoms with Crippen molar-refractivity contribution in [3.8, 4) is 0 Å². The van der Waals surface area contributed by atoms with Gasteiger partial charge >= 0.3 is 5.97 Å². The molecule has 0 saturated carbocycles. The molecule has 338 valence electrons. The van der Waals surface area contributed by atoms with E-state index in [1.54, 1.807) is 6.08 Å². The number of esters is 1. The van der Waals surface area contributed by atoms with E-state index in [9.17, 15) is 4.79 Å². The van der Waals surface area contributed by atoms with E-state index in [2.05, 4.69) is 33.6 Å². The third-order valence-corrected chi connectivity index (χ3v) is 15.9. The molecule has 21 unspecified atom stereocenters. The van der Waals surface area contributed by atoms with Gasteiger partial charge in [0.15, 0.2) is 11.6 Å². The normalized spacial score (nSPS) is 53.8. The van der Waals surface area contributed by atoms with Gasteiger partial charge in [-0.3, -0.25) is 4.79 Å². The maximum absolute atomic E-state index is 14.3. The van der Waals surface area contributed by atoms with E-state index in [0.717, 1.165) is 43.3 Å². The van der Waals surface area contributed by atoms with Crippen LogP contribution < -0.4 is 0 Å². The molecule has 0 N–H and O–H groups in total. The molecule has 21 atom stereocenters. The molecule has 12 rings (SSSR count). The molecule has 0 aromatic rings. The van der Waals surface area contributed by atoms with Gasteiger partial charge in [0.1, 0.15) is 42.7 Å². The van der Waals surface area contributed by atoms with Gasteiger partial charge in [0.2, 0.25) is 5.79 Å². The minimum absolute atomic E-state index is 0.00681. The molecule has 1 spiro atoms. The molecule has 12 heterocycles. The molecular weight excluding hydrogens is 789 g/mol. The molecule has 12 bridgehead atoms. The maximum Gasteiger partial charge on any atom is 0.308 e. The number of rotatable bonds is 3. The minimum atomic E-state index is -1.03. The molecule has 12 aliphatic heterocycles. The fraction of sp³-hybridized carbons (Fsp3) is 0.851. The van der Waals surface area contributed by atoms with E-state index in [1.165, 1.54) is 0 Å². The number of carbonyl (C=O) groups is 1. The number of hydrogen-bond donors (Lipinski definition) is 0. The molecule has 14 heteroatoms. The third kappa shape index (κ3) is 7.44. The lowest BCUT2D eigenvalue weighted by Crippen LogP contribution is -2.64. The van der Waals surface area contributed by atoms with E-state index < -0.39 is 60.1 Å². The van der Waals surface area contributed by atoms with Crippen molar-refractivity contribution in [1.82, 2.24) is 0 Å². The summed E-state index contributed by atoms with van der Waals surface area (Å²) in [7, 11) is 0. The van der Waals surface area contributed by atoms with Crippen molar-refractivity contribution in [2.75, 3.05) is 13.2 Å². The SMILES string of the molecule is C=CCOC12CC34CCC5CC(=C)C(CCC6CC(C)C(=C)C(CC7OC8CC9OC(C)(C)OCC9OC8C(C)C7OC(=O)CC7CCC8OC(C(O1)C(O3)C8O7)C2O4)O6)O5. The van der Waals surface area contributed by atoms with Gasteiger partial charge in [-0.2, -0.15) is 0 Å². The standard InChI is InChI=1S/C47H66O14/c1-8-15-49-47-22-46-14-13-29-17-24(3)30(51-29)11-9-27-16-23(2)25(4)32(52-27)19-34-39(26(5)38-35(54-34)20-33-36(56-38)21-50-45(6,7)58-33)57-37(48)18-28-10-12-31-40(53-28)41(59-46)42(60-47)43(55-31)44(47)61-46/h8,23,26-36,38-44H,1,3-4,9-22H2,2,5-7H3. The van der Waals surface area contributed by atoms with Crippen LogP contribution in [0.25, 0.3) is 0 Å². The predicted octanol–water partition coefficient (Wildman–Crippen LogP) is 5.53. The van der Waals surface area contributed by atoms with Gasteiger partial charge in [-0.05, 0) is 75.9 Å². The van der Waals surface area contributed by atoms with Crippen molar-refractivity contribution >= 4 is 5.97 Å². The molecule has 12 aliphatic rings. The molecule has 12 fully saturated rings. The first-order chi connectivity index (χ1) is 29.3. The largest absolute Gasteiger partial charge is 0.459 e. The van der Waals surface area contributed by atoms with Crippen molar-refractivity contribution in [3.63, 3.8) is 0 Å². The van der Waals surface area contributed by atoms with E-state index in [4.69, 9.17) is 61.6 Å². The molecule has 14 nitrogen and oxygen atoms in total. The van der Waals surface area contributed by atoms with Crippen LogP contribution in [0.1, 0.15) is 105 Å². The minimum Gasteiger partial charge on any atom is -0.459 e. The second-order valence-electron chi connectivity index (χ2n) is 20.5. The average Bonchev–Trinajstić information content (AvgIpc) is 3.77. The van der Waals surface area contributed by atoms with Crippen molar-refractivity contribution in [2.24, 2.45) is 11.8 Å². The average molecular weight is 855 g/mol. The van der Waals surface area contributed by atoms with Crippen molar-refractivity contribution < 1.29 is 66.4 Å². The Kier molecular flexibility index (Phi) is 10.8. The molecule has 0 aliphatic carbocycles. The van der Waals surface area contributed by atoms with Crippen molar-refractivity contribution in [1.29, 1.82) is 0 Å². The smallest absolute Gasteiger partial charge is 0.308 e. The van der Waals surface area contributed by atoms with Gasteiger partial charge in [-0.15, -0.1) is 6.58 Å². The second kappa shape index (κ2) is 15.7. The van der Waals surface area contributed by atoms with Crippen LogP contribution in [0.4, 0.5) is 0 Å². The Labute approximate surface area is 359 Å². The fourth-order valence-electron chi connectivity index (χ4n) is 12.9. The molecule has 0 amide bonds. The Morgan fingerprint density at radius 2 is 1.46 bits per heavy atom. The summed E-state index contributed by atoms with van der Waals surface area (Å²) in [6.45, 7) is 21.9. The highest BCUT2D eigenvalue weighted by atomic mass is 16.8. The second-order valence-corrected chi connectivity index (χ2v) is 20.5. The predicted molar refractivity (Wildman–Crippen MR) is 215 cm³/mol. The van der Waals surface area contributed by atoms with Crippen LogP contribution in [-0.4, -0.2) is 140 Å². The Morgan fingerprint density at radius 3 is 2.31 bits per heavy atom. The lowest BCUT2D eigenvalue weighted by atomic mass is 9.79. The zero-order valence-electron chi connectivity index (χ0n) is 36.3. The van der Waals surface area contributed by atoms with Gasteiger partial charge < -0.3 is 61.6 Å². The van der Waals surface area contributed by atoms with Crippen LogP contribution in [0.15, 0.2) is 37.0 Å². The Bertz CT molecular complexity index is 1740. The highest BCUT2D eigenvalue weighted by molar-refractivity contribution is 5.70. The first kappa shape index (κ1) is 41.9. The van der Waals surface area contributed by atoms with Gasteiger partial charge in [0.25, 0.3) is 0 Å². The Balaban J connectivity index is 0.886. The summed E-state index contributed by atoms with van der Waals surface area (Å²) < 4.78 is 87.3. The van der Waals surface area contributed by atoms with Crippen LogP contribution in [0.5, 0.6) is 0 Å². The van der Waals surface area contributed by atoms with E-state index in [-0.39, 0.29) is 85.3 Å². The van der Waals surface area contributed by atoms with Crippen molar-refractivity contribution in [3.05, 3.63) is 37.0 Å². The van der Waals surface area contributed by atoms with Crippen LogP contribution in [-0.2, 0) is 66.4 Å². The summed E-state index contributed by atoms with van der Waals surface area (Å²) in [5.74, 6) is -3.00. The molecule has 0 aromatic heterocycles.